The molecule has 1 aromatic carbocycles. The number of benzene rings is 1. The molecular weight excluding hydrogens is 458 g/mol. The first-order valence-electron chi connectivity index (χ1n) is 12.8. The lowest BCUT2D eigenvalue weighted by atomic mass is 9.93. The van der Waals surface area contributed by atoms with Gasteiger partial charge in [0.25, 0.3) is 5.91 Å². The van der Waals surface area contributed by atoms with Gasteiger partial charge in [0.05, 0.1) is 22.9 Å². The number of aromatic nitrogens is 1. The summed E-state index contributed by atoms with van der Waals surface area (Å²) in [6, 6.07) is 12.0. The number of rotatable bonds is 6. The third-order valence-electron chi connectivity index (χ3n) is 7.36. The fourth-order valence-electron chi connectivity index (χ4n) is 5.41. The summed E-state index contributed by atoms with van der Waals surface area (Å²) in [5, 5.41) is 5.38. The van der Waals surface area contributed by atoms with Gasteiger partial charge in [0, 0.05) is 12.6 Å². The van der Waals surface area contributed by atoms with E-state index >= 15 is 0 Å². The highest BCUT2D eigenvalue weighted by atomic mass is 32.1. The lowest BCUT2D eigenvalue weighted by molar-refractivity contribution is -0.134. The molecule has 0 bridgehead atoms. The Morgan fingerprint density at radius 3 is 2.54 bits per heavy atom. The zero-order chi connectivity index (χ0) is 24.6. The highest BCUT2D eigenvalue weighted by Gasteiger charge is 2.48. The fraction of sp³-hybridized carbons (Fsp3) is 0.500. The van der Waals surface area contributed by atoms with E-state index in [9.17, 15) is 9.59 Å². The number of nitrogens with zero attached hydrogens (tertiary/aromatic N) is 2. The van der Waals surface area contributed by atoms with E-state index in [1.807, 2.05) is 67.1 Å². The number of carbonyl (C=O) groups is 2. The van der Waals surface area contributed by atoms with Crippen LogP contribution >= 0.6 is 11.3 Å². The summed E-state index contributed by atoms with van der Waals surface area (Å²) in [5.41, 5.74) is 1.68. The average Bonchev–Trinajstić information content (AvgIpc) is 3.32. The topological polar surface area (TPSA) is 63.6 Å². The summed E-state index contributed by atoms with van der Waals surface area (Å²) in [7, 11) is 0. The van der Waals surface area contributed by atoms with Gasteiger partial charge in [0.2, 0.25) is 5.91 Å². The Morgan fingerprint density at radius 1 is 1.14 bits per heavy atom. The van der Waals surface area contributed by atoms with Crippen molar-refractivity contribution in [1.29, 1.82) is 0 Å². The van der Waals surface area contributed by atoms with Crippen molar-refractivity contribution in [3.8, 4) is 5.75 Å². The monoisotopic (exact) mass is 493 g/mol. The van der Waals surface area contributed by atoms with Gasteiger partial charge in [-0.05, 0) is 68.8 Å². The number of thiophene rings is 1. The summed E-state index contributed by atoms with van der Waals surface area (Å²) in [6.07, 6.45) is 6.87. The summed E-state index contributed by atoms with van der Waals surface area (Å²) in [5.74, 6) is 0.651. The van der Waals surface area contributed by atoms with Crippen LogP contribution in [0.25, 0.3) is 10.2 Å². The first-order valence-corrected chi connectivity index (χ1v) is 13.7. The second-order valence-electron chi connectivity index (χ2n) is 10.4. The van der Waals surface area contributed by atoms with Crippen molar-refractivity contribution in [2.75, 3.05) is 0 Å². The maximum atomic E-state index is 13.9. The van der Waals surface area contributed by atoms with Crippen LogP contribution in [0.2, 0.25) is 0 Å². The zero-order valence-electron chi connectivity index (χ0n) is 20.9. The lowest BCUT2D eigenvalue weighted by Crippen LogP contribution is -2.64. The zero-order valence-corrected chi connectivity index (χ0v) is 21.7. The predicted octanol–water partition coefficient (Wildman–Crippen LogP) is 5.74. The van der Waals surface area contributed by atoms with E-state index in [0.717, 1.165) is 47.2 Å². The number of hydrogen-bond acceptors (Lipinski definition) is 4. The van der Waals surface area contributed by atoms with Crippen LogP contribution in [0.4, 0.5) is 0 Å². The molecule has 1 N–H and O–H groups in total. The van der Waals surface area contributed by atoms with Crippen molar-refractivity contribution in [3.63, 3.8) is 0 Å². The molecule has 0 spiro atoms. The molecule has 0 saturated heterocycles. The van der Waals surface area contributed by atoms with Crippen molar-refractivity contribution >= 4 is 33.4 Å². The van der Waals surface area contributed by atoms with Gasteiger partial charge in [-0.25, -0.2) is 0 Å². The Labute approximate surface area is 211 Å². The largest absolute Gasteiger partial charge is 0.491 e. The van der Waals surface area contributed by atoms with Gasteiger partial charge >= 0.3 is 0 Å². The van der Waals surface area contributed by atoms with Gasteiger partial charge in [-0.3, -0.25) is 9.59 Å². The number of amides is 2. The summed E-state index contributed by atoms with van der Waals surface area (Å²) in [4.78, 5) is 29.5. The van der Waals surface area contributed by atoms with Gasteiger partial charge in [-0.2, -0.15) is 0 Å². The van der Waals surface area contributed by atoms with Gasteiger partial charge in [0.1, 0.15) is 17.0 Å². The minimum absolute atomic E-state index is 0.0553. The third-order valence-corrected chi connectivity index (χ3v) is 8.22. The number of ether oxygens (including phenoxy) is 1. The molecule has 3 aromatic rings. The van der Waals surface area contributed by atoms with Crippen molar-refractivity contribution in [2.45, 2.75) is 90.1 Å². The average molecular weight is 494 g/mol. The molecule has 0 radical (unpaired) electrons. The third kappa shape index (κ3) is 4.70. The Bertz CT molecular complexity index is 1200. The minimum atomic E-state index is -0.989. The normalized spacial score (nSPS) is 21.3. The second-order valence-corrected chi connectivity index (χ2v) is 11.4. The summed E-state index contributed by atoms with van der Waals surface area (Å²) in [6.45, 7) is 6.74. The molecule has 7 heteroatoms. The van der Waals surface area contributed by atoms with Crippen molar-refractivity contribution in [2.24, 2.45) is 0 Å². The molecule has 1 fully saturated rings. The molecule has 1 saturated carbocycles. The maximum absolute atomic E-state index is 13.9. The predicted molar refractivity (Wildman–Crippen MR) is 140 cm³/mol. The highest BCUT2D eigenvalue weighted by Crippen LogP contribution is 2.35. The van der Waals surface area contributed by atoms with Crippen LogP contribution in [0.1, 0.15) is 75.3 Å². The summed E-state index contributed by atoms with van der Waals surface area (Å²) >= 11 is 1.63. The molecule has 6 nitrogen and oxygen atoms in total. The van der Waals surface area contributed by atoms with Crippen LogP contribution in [-0.4, -0.2) is 39.0 Å². The van der Waals surface area contributed by atoms with Crippen LogP contribution in [0.3, 0.4) is 0 Å². The van der Waals surface area contributed by atoms with E-state index in [1.54, 1.807) is 16.2 Å². The highest BCUT2D eigenvalue weighted by molar-refractivity contribution is 7.17. The fourth-order valence-corrected chi connectivity index (χ4v) is 6.24. The molecule has 1 aliphatic heterocycles. The Kier molecular flexibility index (Phi) is 6.62. The molecule has 2 aromatic heterocycles. The van der Waals surface area contributed by atoms with Gasteiger partial charge in [0.15, 0.2) is 0 Å². The molecular formula is C28H35N3O3S. The Morgan fingerprint density at radius 2 is 1.86 bits per heavy atom. The second kappa shape index (κ2) is 9.69. The number of nitrogens with one attached hydrogen (secondary N) is 1. The number of carbonyl (C=O) groups excluding carboxylic acids is 2. The van der Waals surface area contributed by atoms with E-state index in [-0.39, 0.29) is 24.0 Å². The van der Waals surface area contributed by atoms with Crippen LogP contribution in [0.15, 0.2) is 41.8 Å². The standard InChI is InChI=1S/C28H35N3O3S/c1-19(2)34-22-12-10-20(11-13-22)17-31-26(32)24-16-25-23(14-15-35-25)30(24)18-28(31,3)27(33)29-21-8-6-4-5-7-9-21/h10-16,19,21H,4-9,17-18H2,1-3H3,(H,29,33)/t28-/m1/s1. The van der Waals surface area contributed by atoms with E-state index in [2.05, 4.69) is 5.32 Å². The van der Waals surface area contributed by atoms with E-state index in [1.165, 1.54) is 12.8 Å². The van der Waals surface area contributed by atoms with E-state index in [0.29, 0.717) is 18.8 Å². The molecule has 2 amide bonds. The number of hydrogen-bond donors (Lipinski definition) is 1. The molecule has 2 aliphatic rings. The molecule has 35 heavy (non-hydrogen) atoms. The van der Waals surface area contributed by atoms with Crippen molar-refractivity contribution < 1.29 is 14.3 Å². The molecule has 0 unspecified atom stereocenters. The van der Waals surface area contributed by atoms with E-state index in [4.69, 9.17) is 4.74 Å². The number of fused-ring (bicyclic) bond motifs is 3. The van der Waals surface area contributed by atoms with Crippen LogP contribution in [-0.2, 0) is 17.9 Å². The van der Waals surface area contributed by atoms with Crippen LogP contribution in [0, 0.1) is 0 Å². The summed E-state index contributed by atoms with van der Waals surface area (Å²) < 4.78 is 8.90. The van der Waals surface area contributed by atoms with E-state index < -0.39 is 5.54 Å². The minimum Gasteiger partial charge on any atom is -0.491 e. The van der Waals surface area contributed by atoms with Gasteiger partial charge in [-0.15, -0.1) is 11.3 Å². The first kappa shape index (κ1) is 23.9. The van der Waals surface area contributed by atoms with Crippen molar-refractivity contribution in [3.05, 3.63) is 53.0 Å². The Hall–Kier alpha value is -2.80. The van der Waals surface area contributed by atoms with Crippen LogP contribution in [0.5, 0.6) is 5.75 Å². The first-order chi connectivity index (χ1) is 16.8. The molecule has 1 atom stereocenters. The van der Waals surface area contributed by atoms with Crippen molar-refractivity contribution in [1.82, 2.24) is 14.8 Å². The smallest absolute Gasteiger partial charge is 0.271 e. The maximum Gasteiger partial charge on any atom is 0.271 e. The molecule has 1 aliphatic carbocycles. The molecule has 3 heterocycles. The molecule has 5 rings (SSSR count). The van der Waals surface area contributed by atoms with Gasteiger partial charge in [-0.1, -0.05) is 37.8 Å². The quantitative estimate of drug-likeness (QED) is 0.445. The van der Waals surface area contributed by atoms with Crippen LogP contribution < -0.4 is 10.1 Å². The lowest BCUT2D eigenvalue weighted by Gasteiger charge is -2.44. The van der Waals surface area contributed by atoms with Gasteiger partial charge < -0.3 is 19.5 Å². The Balaban J connectivity index is 1.46. The SMILES string of the molecule is CC(C)Oc1ccc(CN2C(=O)c3cc4sccc4n3C[C@]2(C)C(=O)NC2CCCCCC2)cc1. The molecule has 186 valence electrons.